The third kappa shape index (κ3) is 4.23. The van der Waals surface area contributed by atoms with Crippen LogP contribution in [0.4, 0.5) is 0 Å². The second-order valence-electron chi connectivity index (χ2n) is 16.5. The first kappa shape index (κ1) is 31.7. The zero-order valence-electron chi connectivity index (χ0n) is 31.0. The summed E-state index contributed by atoms with van der Waals surface area (Å²) >= 11 is 0. The van der Waals surface area contributed by atoms with Gasteiger partial charge in [0.25, 0.3) is 0 Å². The van der Waals surface area contributed by atoms with Gasteiger partial charge in [-0.25, -0.2) is 0 Å². The SMILES string of the molecule is COc1ccc2c3c(n(C)c2c1CC1=C(C)OC[C@@H]2[C@H]1C[C@H]1c4c(c5ccccc5n4C)C[C@@H]2N1C)[C@@H]1C[C@H]2C(C(C)=O)=COC[C@H]2[C@H](C3)N1C. The highest BCUT2D eigenvalue weighted by atomic mass is 16.5. The zero-order valence-corrected chi connectivity index (χ0v) is 31.0. The summed E-state index contributed by atoms with van der Waals surface area (Å²) in [6, 6.07) is 14.8. The molecule has 8 heteroatoms. The Morgan fingerprint density at radius 2 is 1.51 bits per heavy atom. The monoisotopic (exact) mass is 686 g/mol. The van der Waals surface area contributed by atoms with Crippen LogP contribution in [-0.2, 0) is 47.6 Å². The highest BCUT2D eigenvalue weighted by Gasteiger charge is 2.52. The van der Waals surface area contributed by atoms with Crippen LogP contribution in [0.2, 0.25) is 0 Å². The lowest BCUT2D eigenvalue weighted by Crippen LogP contribution is -2.55. The molecule has 2 aromatic heterocycles. The van der Waals surface area contributed by atoms with Crippen LogP contribution in [0, 0.1) is 23.7 Å². The number of piperidine rings is 2. The molecule has 0 amide bonds. The van der Waals surface area contributed by atoms with Crippen molar-refractivity contribution in [2.75, 3.05) is 34.4 Å². The fourth-order valence-corrected chi connectivity index (χ4v) is 12.1. The number of ketones is 1. The van der Waals surface area contributed by atoms with E-state index in [1.54, 1.807) is 18.7 Å². The Labute approximate surface area is 300 Å². The van der Waals surface area contributed by atoms with Crippen LogP contribution in [0.25, 0.3) is 21.8 Å². The van der Waals surface area contributed by atoms with E-state index in [4.69, 9.17) is 14.2 Å². The summed E-state index contributed by atoms with van der Waals surface area (Å²) in [7, 11) is 11.0. The number of fused-ring (bicyclic) bond motifs is 16. The minimum atomic E-state index is 0.142. The van der Waals surface area contributed by atoms with Crippen molar-refractivity contribution in [2.24, 2.45) is 37.8 Å². The van der Waals surface area contributed by atoms with Gasteiger partial charge in [0.2, 0.25) is 0 Å². The van der Waals surface area contributed by atoms with Gasteiger partial charge >= 0.3 is 0 Å². The summed E-state index contributed by atoms with van der Waals surface area (Å²) in [6.07, 6.45) is 6.62. The molecule has 0 saturated carbocycles. The van der Waals surface area contributed by atoms with Crippen LogP contribution in [0.5, 0.6) is 5.75 Å². The van der Waals surface area contributed by atoms with Gasteiger partial charge in [0, 0.05) is 83.2 Å². The molecular weight excluding hydrogens is 636 g/mol. The Morgan fingerprint density at radius 1 is 0.843 bits per heavy atom. The third-order valence-electron chi connectivity index (χ3n) is 14.6. The van der Waals surface area contributed by atoms with Crippen molar-refractivity contribution in [3.63, 3.8) is 0 Å². The van der Waals surface area contributed by atoms with E-state index in [0.29, 0.717) is 42.5 Å². The summed E-state index contributed by atoms with van der Waals surface area (Å²) in [6.45, 7) is 5.35. The van der Waals surface area contributed by atoms with Crippen LogP contribution < -0.4 is 4.74 Å². The van der Waals surface area contributed by atoms with E-state index in [-0.39, 0.29) is 17.7 Å². The molecule has 2 aromatic carbocycles. The number of aromatic nitrogens is 2. The number of rotatable bonds is 4. The molecule has 266 valence electrons. The Bertz CT molecular complexity index is 2210. The van der Waals surface area contributed by atoms with E-state index in [0.717, 1.165) is 55.8 Å². The molecule has 4 aromatic rings. The Hall–Kier alpha value is -4.01. The first-order valence-electron chi connectivity index (χ1n) is 19.0. The lowest BCUT2D eigenvalue weighted by molar-refractivity contribution is -0.116. The molecule has 8 nitrogen and oxygen atoms in total. The number of para-hydroxylation sites is 1. The Kier molecular flexibility index (Phi) is 6.99. The summed E-state index contributed by atoms with van der Waals surface area (Å²) in [5.41, 5.74) is 12.1. The molecule has 8 heterocycles. The molecule has 4 bridgehead atoms. The number of benzene rings is 2. The molecule has 0 spiro atoms. The zero-order chi connectivity index (χ0) is 35.0. The number of Topliss-reactive ketones (excluding diaryl/α,β-unsaturated/α-hetero) is 1. The van der Waals surface area contributed by atoms with Gasteiger partial charge in [-0.05, 0) is 100 Å². The van der Waals surface area contributed by atoms with Crippen molar-refractivity contribution in [3.8, 4) is 5.75 Å². The molecule has 8 atom stereocenters. The third-order valence-corrected chi connectivity index (χ3v) is 14.6. The van der Waals surface area contributed by atoms with E-state index in [2.05, 4.69) is 90.4 Å². The second-order valence-corrected chi connectivity index (χ2v) is 16.5. The molecule has 2 saturated heterocycles. The Morgan fingerprint density at radius 3 is 2.24 bits per heavy atom. The first-order chi connectivity index (χ1) is 24.7. The minimum absolute atomic E-state index is 0.142. The molecule has 0 radical (unpaired) electrons. The molecule has 0 N–H and O–H groups in total. The summed E-state index contributed by atoms with van der Waals surface area (Å²) in [5, 5.41) is 2.76. The van der Waals surface area contributed by atoms with Crippen LogP contribution in [0.15, 0.2) is 59.6 Å². The van der Waals surface area contributed by atoms with E-state index >= 15 is 0 Å². The quantitative estimate of drug-likeness (QED) is 0.236. The highest BCUT2D eigenvalue weighted by Crippen LogP contribution is 2.55. The number of allylic oxidation sites excluding steroid dienone is 3. The van der Waals surface area contributed by atoms with Gasteiger partial charge in [0.1, 0.15) is 5.75 Å². The lowest BCUT2D eigenvalue weighted by atomic mass is 9.66. The number of likely N-dealkylation sites (N-methyl/N-ethyl adjacent to an activating group) is 2. The largest absolute Gasteiger partial charge is 0.500 e. The van der Waals surface area contributed by atoms with Gasteiger partial charge in [0.15, 0.2) is 5.78 Å². The average Bonchev–Trinajstić information content (AvgIpc) is 3.56. The topological polar surface area (TPSA) is 61.1 Å². The summed E-state index contributed by atoms with van der Waals surface area (Å²) in [5.74, 6) is 3.61. The van der Waals surface area contributed by atoms with E-state index < -0.39 is 0 Å². The van der Waals surface area contributed by atoms with Crippen molar-refractivity contribution in [3.05, 3.63) is 87.6 Å². The fraction of sp³-hybridized carbons (Fsp3) is 0.512. The molecular formula is C43H50N4O4. The number of aryl methyl sites for hydroxylation is 2. The lowest BCUT2D eigenvalue weighted by Gasteiger charge is -2.53. The second kappa shape index (κ2) is 11.2. The number of carbonyl (C=O) groups is 1. The standard InChI is InChI=1S/C43H50N4O4/c1-22(48)32-19-50-20-33-28(32)16-39-43-30(18-36(33)44(39)3)25-12-13-40(49-7)31(41(25)47(43)6)14-26-23(2)51-21-34-27(26)15-38-42-29(17-37(34)45(38)4)24-10-8-9-11-35(24)46(42)5/h8-13,19,27-28,33-34,36-39H,14-18,20-21H2,1-7H3/t27-,28-,33+,34+,36-,37-,38-,39-/m0/s1. The number of carbonyl (C=O) groups excluding carboxylic acids is 1. The number of nitrogens with zero attached hydrogens (tertiary/aromatic N) is 4. The molecule has 6 aliphatic rings. The van der Waals surface area contributed by atoms with Crippen molar-refractivity contribution in [1.82, 2.24) is 18.9 Å². The molecule has 2 fully saturated rings. The highest BCUT2D eigenvalue weighted by molar-refractivity contribution is 5.94. The predicted octanol–water partition coefficient (Wildman–Crippen LogP) is 6.80. The summed E-state index contributed by atoms with van der Waals surface area (Å²) in [4.78, 5) is 18.0. The van der Waals surface area contributed by atoms with Crippen LogP contribution in [0.1, 0.15) is 66.9 Å². The number of ether oxygens (including phenoxy) is 3. The minimum Gasteiger partial charge on any atom is -0.500 e. The molecule has 51 heavy (non-hydrogen) atoms. The van der Waals surface area contributed by atoms with Gasteiger partial charge in [-0.2, -0.15) is 0 Å². The van der Waals surface area contributed by atoms with Crippen molar-refractivity contribution >= 4 is 27.6 Å². The number of hydrogen-bond donors (Lipinski definition) is 0. The predicted molar refractivity (Wildman–Crippen MR) is 199 cm³/mol. The fourth-order valence-electron chi connectivity index (χ4n) is 12.1. The van der Waals surface area contributed by atoms with E-state index in [1.807, 2.05) is 7.11 Å². The smallest absolute Gasteiger partial charge is 0.159 e. The maximum Gasteiger partial charge on any atom is 0.159 e. The normalized spacial score (nSPS) is 31.3. The van der Waals surface area contributed by atoms with Gasteiger partial charge < -0.3 is 23.3 Å². The number of hydrogen-bond acceptors (Lipinski definition) is 6. The molecule has 6 aliphatic heterocycles. The average molecular weight is 687 g/mol. The molecule has 0 aliphatic carbocycles. The van der Waals surface area contributed by atoms with Gasteiger partial charge in [-0.1, -0.05) is 18.2 Å². The van der Waals surface area contributed by atoms with Crippen molar-refractivity contribution < 1.29 is 19.0 Å². The molecule has 0 unspecified atom stereocenters. The van der Waals surface area contributed by atoms with Gasteiger partial charge in [0.05, 0.1) is 49.9 Å². The van der Waals surface area contributed by atoms with Gasteiger partial charge in [-0.3, -0.25) is 14.6 Å². The van der Waals surface area contributed by atoms with Gasteiger partial charge in [-0.15, -0.1) is 0 Å². The first-order valence-corrected chi connectivity index (χ1v) is 19.0. The summed E-state index contributed by atoms with van der Waals surface area (Å²) < 4.78 is 23.8. The number of methoxy groups -OCH3 is 1. The van der Waals surface area contributed by atoms with Crippen LogP contribution in [0.3, 0.4) is 0 Å². The maximum absolute atomic E-state index is 12.7. The van der Waals surface area contributed by atoms with Crippen molar-refractivity contribution in [2.45, 2.75) is 70.1 Å². The molecule has 10 rings (SSSR count). The van der Waals surface area contributed by atoms with E-state index in [1.165, 1.54) is 49.9 Å². The van der Waals surface area contributed by atoms with E-state index in [9.17, 15) is 4.79 Å². The van der Waals surface area contributed by atoms with Crippen LogP contribution >= 0.6 is 0 Å². The maximum atomic E-state index is 12.7. The Balaban J connectivity index is 1.06. The van der Waals surface area contributed by atoms with Crippen molar-refractivity contribution in [1.29, 1.82) is 0 Å². The van der Waals surface area contributed by atoms with Crippen LogP contribution in [-0.4, -0.2) is 71.2 Å².